The third kappa shape index (κ3) is 4.23. The first kappa shape index (κ1) is 25.0. The quantitative estimate of drug-likeness (QED) is 0.321. The van der Waals surface area contributed by atoms with Gasteiger partial charge in [-0.25, -0.2) is 9.37 Å². The Kier molecular flexibility index (Phi) is 5.97. The molecule has 202 valence electrons. The first-order valence-corrected chi connectivity index (χ1v) is 13.8. The number of nitrogens with one attached hydrogen (secondary N) is 1. The van der Waals surface area contributed by atoms with E-state index in [1.165, 1.54) is 18.5 Å². The van der Waals surface area contributed by atoms with Crippen LogP contribution in [0.2, 0.25) is 10.0 Å². The summed E-state index contributed by atoms with van der Waals surface area (Å²) in [7, 11) is 0. The van der Waals surface area contributed by atoms with Gasteiger partial charge in [0.25, 0.3) is 0 Å². The van der Waals surface area contributed by atoms with Gasteiger partial charge in [0, 0.05) is 60.8 Å². The second-order valence-electron chi connectivity index (χ2n) is 10.9. The Balaban J connectivity index is 1.10. The highest BCUT2D eigenvalue weighted by atomic mass is 35.5. The van der Waals surface area contributed by atoms with Crippen LogP contribution in [0, 0.1) is 5.82 Å². The Bertz CT molecular complexity index is 1550. The molecule has 11 heteroatoms. The summed E-state index contributed by atoms with van der Waals surface area (Å²) in [6, 6.07) is 7.56. The highest BCUT2D eigenvalue weighted by Crippen LogP contribution is 2.41. The molecule has 2 bridgehead atoms. The van der Waals surface area contributed by atoms with Gasteiger partial charge in [-0.3, -0.25) is 15.0 Å². The summed E-state index contributed by atoms with van der Waals surface area (Å²) < 4.78 is 27.3. The molecule has 1 aromatic carbocycles. The molecular weight excluding hydrogens is 542 g/mol. The van der Waals surface area contributed by atoms with Crippen LogP contribution in [0.25, 0.3) is 22.2 Å². The van der Waals surface area contributed by atoms with Crippen LogP contribution in [-0.4, -0.2) is 69.0 Å². The lowest BCUT2D eigenvalue weighted by atomic mass is 9.89. The second-order valence-corrected chi connectivity index (χ2v) is 11.8. The Morgan fingerprint density at radius 2 is 1.97 bits per heavy atom. The zero-order valence-electron chi connectivity index (χ0n) is 21.5. The molecule has 0 aliphatic carbocycles. The van der Waals surface area contributed by atoms with Gasteiger partial charge in [0.1, 0.15) is 17.5 Å². The van der Waals surface area contributed by atoms with Gasteiger partial charge >= 0.3 is 0 Å². The van der Waals surface area contributed by atoms with Crippen LogP contribution >= 0.6 is 23.2 Å². The number of hydrogen-bond donors (Lipinski definition) is 1. The normalized spacial score (nSPS) is 22.8. The van der Waals surface area contributed by atoms with E-state index in [-0.39, 0.29) is 11.4 Å². The molecule has 0 amide bonds. The molecule has 0 spiro atoms. The van der Waals surface area contributed by atoms with E-state index in [1.54, 1.807) is 6.20 Å². The molecule has 3 aromatic heterocycles. The average Bonchev–Trinajstić information content (AvgIpc) is 3.63. The predicted molar refractivity (Wildman–Crippen MR) is 148 cm³/mol. The number of ether oxygens (including phenoxy) is 2. The van der Waals surface area contributed by atoms with Crippen molar-refractivity contribution < 1.29 is 13.9 Å². The fourth-order valence-electron chi connectivity index (χ4n) is 6.32. The van der Waals surface area contributed by atoms with E-state index < -0.39 is 6.10 Å². The number of benzene rings is 1. The maximum absolute atomic E-state index is 15.4. The number of likely N-dealkylation sites (tertiary alicyclic amines) is 1. The lowest BCUT2D eigenvalue weighted by molar-refractivity contribution is -0.0301. The van der Waals surface area contributed by atoms with Crippen LogP contribution < -0.4 is 9.64 Å². The van der Waals surface area contributed by atoms with Gasteiger partial charge in [0.15, 0.2) is 11.6 Å². The van der Waals surface area contributed by atoms with Gasteiger partial charge in [0.2, 0.25) is 0 Å². The van der Waals surface area contributed by atoms with Crippen molar-refractivity contribution in [3.63, 3.8) is 0 Å². The minimum absolute atomic E-state index is 0.0205. The number of aromatic amines is 1. The molecule has 3 fully saturated rings. The van der Waals surface area contributed by atoms with Crippen LogP contribution in [0.4, 0.5) is 10.2 Å². The van der Waals surface area contributed by atoms with E-state index in [1.807, 2.05) is 30.0 Å². The molecule has 3 saturated heterocycles. The Labute approximate surface area is 235 Å². The van der Waals surface area contributed by atoms with Gasteiger partial charge in [0.05, 0.1) is 33.8 Å². The average molecular weight is 569 g/mol. The van der Waals surface area contributed by atoms with Gasteiger partial charge in [-0.05, 0) is 44.5 Å². The first-order chi connectivity index (χ1) is 18.8. The third-order valence-electron chi connectivity index (χ3n) is 8.20. The van der Waals surface area contributed by atoms with Gasteiger partial charge in [-0.15, -0.1) is 0 Å². The largest absolute Gasteiger partial charge is 0.486 e. The topological polar surface area (TPSA) is 79.4 Å². The molecule has 6 heterocycles. The van der Waals surface area contributed by atoms with E-state index in [9.17, 15) is 0 Å². The summed E-state index contributed by atoms with van der Waals surface area (Å²) in [5.41, 5.74) is 2.67. The number of nitrogens with zero attached hydrogens (tertiary/aromatic N) is 5. The predicted octanol–water partition coefficient (Wildman–Crippen LogP) is 5.66. The fourth-order valence-corrected chi connectivity index (χ4v) is 6.99. The smallest absolute Gasteiger partial charge is 0.166 e. The van der Waals surface area contributed by atoms with Crippen molar-refractivity contribution in [1.29, 1.82) is 0 Å². The molecule has 7 rings (SSSR count). The van der Waals surface area contributed by atoms with Crippen molar-refractivity contribution >= 4 is 39.9 Å². The first-order valence-electron chi connectivity index (χ1n) is 13.0. The van der Waals surface area contributed by atoms with Gasteiger partial charge < -0.3 is 14.4 Å². The Morgan fingerprint density at radius 3 is 2.67 bits per heavy atom. The van der Waals surface area contributed by atoms with E-state index in [0.717, 1.165) is 43.6 Å². The van der Waals surface area contributed by atoms with Crippen molar-refractivity contribution in [2.24, 2.45) is 0 Å². The summed E-state index contributed by atoms with van der Waals surface area (Å²) in [6.07, 6.45) is 5.80. The number of morpholine rings is 1. The highest BCUT2D eigenvalue weighted by molar-refractivity contribution is 6.35. The van der Waals surface area contributed by atoms with E-state index >= 15 is 4.39 Å². The van der Waals surface area contributed by atoms with Crippen LogP contribution in [0.1, 0.15) is 31.9 Å². The molecule has 3 aliphatic rings. The van der Waals surface area contributed by atoms with E-state index in [0.29, 0.717) is 50.6 Å². The number of hydrogen-bond acceptors (Lipinski definition) is 7. The van der Waals surface area contributed by atoms with Crippen LogP contribution in [-0.2, 0) is 4.74 Å². The molecule has 3 atom stereocenters. The zero-order valence-corrected chi connectivity index (χ0v) is 23.0. The van der Waals surface area contributed by atoms with Crippen LogP contribution in [0.5, 0.6) is 5.75 Å². The summed E-state index contributed by atoms with van der Waals surface area (Å²) >= 11 is 12.6. The van der Waals surface area contributed by atoms with Crippen molar-refractivity contribution in [1.82, 2.24) is 25.1 Å². The molecule has 8 nitrogen and oxygen atoms in total. The lowest BCUT2D eigenvalue weighted by Gasteiger charge is -2.55. The number of halogens is 3. The summed E-state index contributed by atoms with van der Waals surface area (Å²) in [4.78, 5) is 13.1. The zero-order chi connectivity index (χ0) is 26.9. The third-order valence-corrected chi connectivity index (χ3v) is 8.80. The monoisotopic (exact) mass is 568 g/mol. The number of H-pyrrole nitrogens is 1. The highest BCUT2D eigenvalue weighted by Gasteiger charge is 2.52. The fraction of sp³-hybridized carbons (Fsp3) is 0.393. The summed E-state index contributed by atoms with van der Waals surface area (Å²) in [5.74, 6) is 0.619. The van der Waals surface area contributed by atoms with Crippen LogP contribution in [0.3, 0.4) is 0 Å². The van der Waals surface area contributed by atoms with Crippen LogP contribution in [0.15, 0.2) is 42.9 Å². The second kappa shape index (κ2) is 9.30. The molecule has 0 unspecified atom stereocenters. The van der Waals surface area contributed by atoms with E-state index in [4.69, 9.17) is 32.7 Å². The molecular formula is C28H27Cl2FN6O2. The number of pyridine rings is 2. The Morgan fingerprint density at radius 1 is 1.18 bits per heavy atom. The molecule has 1 N–H and O–H groups in total. The van der Waals surface area contributed by atoms with Gasteiger partial charge in [-0.1, -0.05) is 23.2 Å². The summed E-state index contributed by atoms with van der Waals surface area (Å²) in [6.45, 7) is 7.38. The minimum atomic E-state index is -0.412. The molecule has 4 aromatic rings. The number of rotatable bonds is 6. The molecule has 3 aliphatic heterocycles. The van der Waals surface area contributed by atoms with Crippen molar-refractivity contribution in [2.45, 2.75) is 44.1 Å². The molecule has 0 saturated carbocycles. The van der Waals surface area contributed by atoms with E-state index in [2.05, 4.69) is 32.0 Å². The number of fused-ring (bicyclic) bond motifs is 3. The maximum atomic E-state index is 15.4. The SMILES string of the molecule is C[C@@H](Oc1ccc2[nH]nc(-c3cnc(N4CC(C)(N5C[C@H]6C[C@@H]5CO6)C4)c(F)c3)c2c1)c1c(Cl)cncc1Cl. The number of aromatic nitrogens is 4. The number of anilines is 1. The minimum Gasteiger partial charge on any atom is -0.486 e. The van der Waals surface area contributed by atoms with Gasteiger partial charge in [-0.2, -0.15) is 5.10 Å². The molecule has 0 radical (unpaired) electrons. The standard InChI is InChI=1S/C28H27Cl2FN6O2/c1-15(25-21(29)9-32-10-22(25)30)39-18-3-4-24-20(7-18)26(35-34-24)16-5-23(31)27(33-8-16)36-13-28(2,14-36)37-11-19-6-17(37)12-38-19/h3-5,7-10,15,17,19H,6,11-14H2,1-2H3,(H,34,35)/t15-,17-,19-/m1/s1. The van der Waals surface area contributed by atoms with Crippen molar-refractivity contribution in [2.75, 3.05) is 31.1 Å². The van der Waals surface area contributed by atoms with Crippen molar-refractivity contribution in [3.05, 3.63) is 64.3 Å². The lowest BCUT2D eigenvalue weighted by Crippen LogP contribution is -2.71. The molecule has 39 heavy (non-hydrogen) atoms. The summed E-state index contributed by atoms with van der Waals surface area (Å²) in [5, 5.41) is 9.14. The Hall–Kier alpha value is -2.98. The maximum Gasteiger partial charge on any atom is 0.166 e. The van der Waals surface area contributed by atoms with Crippen molar-refractivity contribution in [3.8, 4) is 17.0 Å².